The quantitative estimate of drug-likeness (QED) is 0.411. The van der Waals surface area contributed by atoms with Gasteiger partial charge in [-0.25, -0.2) is 4.98 Å². The van der Waals surface area contributed by atoms with Crippen LogP contribution in [-0.4, -0.2) is 35.4 Å². The van der Waals surface area contributed by atoms with Gasteiger partial charge in [0.1, 0.15) is 0 Å². The number of carbonyl (C=O) groups is 2. The summed E-state index contributed by atoms with van der Waals surface area (Å²) in [4.78, 5) is 30.0. The SMILES string of the molecule is Cc1ccc(-c2csc(NC(=O)C[C@H]3CC[C@@H](NC(=O)[C@@H]4CC(c5ccccc5)CN4)CC3)n2)cc1. The van der Waals surface area contributed by atoms with Gasteiger partial charge in [-0.3, -0.25) is 9.59 Å². The number of aromatic nitrogens is 1. The summed E-state index contributed by atoms with van der Waals surface area (Å²) in [7, 11) is 0. The van der Waals surface area contributed by atoms with Crippen LogP contribution in [0.2, 0.25) is 0 Å². The van der Waals surface area contributed by atoms with Crippen LogP contribution in [0.5, 0.6) is 0 Å². The third kappa shape index (κ3) is 6.20. The molecule has 2 atom stereocenters. The maximum absolute atomic E-state index is 12.8. The molecule has 1 saturated heterocycles. The first-order chi connectivity index (χ1) is 17.5. The lowest BCUT2D eigenvalue weighted by atomic mass is 9.84. The Kier molecular flexibility index (Phi) is 7.78. The van der Waals surface area contributed by atoms with Crippen molar-refractivity contribution >= 4 is 28.3 Å². The van der Waals surface area contributed by atoms with Crippen LogP contribution >= 0.6 is 11.3 Å². The molecule has 36 heavy (non-hydrogen) atoms. The van der Waals surface area contributed by atoms with Gasteiger partial charge in [0.25, 0.3) is 0 Å². The Morgan fingerprint density at radius 2 is 1.78 bits per heavy atom. The number of hydrogen-bond acceptors (Lipinski definition) is 5. The number of carbonyl (C=O) groups excluding carboxylic acids is 2. The average Bonchev–Trinajstić information content (AvgIpc) is 3.57. The molecule has 3 N–H and O–H groups in total. The Hall–Kier alpha value is -3.03. The van der Waals surface area contributed by atoms with E-state index in [1.54, 1.807) is 0 Å². The highest BCUT2D eigenvalue weighted by atomic mass is 32.1. The van der Waals surface area contributed by atoms with Crippen LogP contribution in [0.25, 0.3) is 11.3 Å². The molecule has 5 rings (SSSR count). The molecule has 0 spiro atoms. The number of aryl methyl sites for hydroxylation is 1. The second kappa shape index (κ2) is 11.4. The Morgan fingerprint density at radius 3 is 2.53 bits per heavy atom. The van der Waals surface area contributed by atoms with Crippen molar-refractivity contribution in [1.82, 2.24) is 15.6 Å². The molecule has 3 aromatic rings. The van der Waals surface area contributed by atoms with Crippen LogP contribution in [-0.2, 0) is 9.59 Å². The van der Waals surface area contributed by atoms with E-state index in [2.05, 4.69) is 76.4 Å². The number of hydrogen-bond donors (Lipinski definition) is 3. The molecule has 2 aliphatic rings. The molecule has 0 radical (unpaired) electrons. The Bertz CT molecular complexity index is 1170. The van der Waals surface area contributed by atoms with E-state index in [0.717, 1.165) is 49.9 Å². The minimum atomic E-state index is -0.123. The van der Waals surface area contributed by atoms with E-state index in [0.29, 0.717) is 23.4 Å². The highest BCUT2D eigenvalue weighted by Crippen LogP contribution is 2.30. The lowest BCUT2D eigenvalue weighted by Crippen LogP contribution is -2.46. The van der Waals surface area contributed by atoms with Crippen molar-refractivity contribution in [2.45, 2.75) is 63.5 Å². The number of benzene rings is 2. The predicted octanol–water partition coefficient (Wildman–Crippen LogP) is 5.27. The van der Waals surface area contributed by atoms with Crippen molar-refractivity contribution in [3.05, 3.63) is 71.1 Å². The van der Waals surface area contributed by atoms with Gasteiger partial charge in [-0.1, -0.05) is 60.2 Å². The predicted molar refractivity (Wildman–Crippen MR) is 145 cm³/mol. The Labute approximate surface area is 216 Å². The summed E-state index contributed by atoms with van der Waals surface area (Å²) in [6.45, 7) is 2.90. The van der Waals surface area contributed by atoms with Gasteiger partial charge in [0.15, 0.2) is 5.13 Å². The molecule has 1 aromatic heterocycles. The second-order valence-corrected chi connectivity index (χ2v) is 11.0. The first kappa shape index (κ1) is 24.7. The summed E-state index contributed by atoms with van der Waals surface area (Å²) in [6.07, 6.45) is 5.10. The third-order valence-corrected chi connectivity index (χ3v) is 8.24. The highest BCUT2D eigenvalue weighted by Gasteiger charge is 2.32. The number of nitrogens with one attached hydrogen (secondary N) is 3. The molecule has 1 saturated carbocycles. The fourth-order valence-electron chi connectivity index (χ4n) is 5.35. The van der Waals surface area contributed by atoms with E-state index in [-0.39, 0.29) is 23.9 Å². The van der Waals surface area contributed by atoms with Crippen molar-refractivity contribution in [3.8, 4) is 11.3 Å². The van der Waals surface area contributed by atoms with E-state index < -0.39 is 0 Å². The zero-order valence-corrected chi connectivity index (χ0v) is 21.5. The summed E-state index contributed by atoms with van der Waals surface area (Å²) in [5, 5.41) is 12.3. The van der Waals surface area contributed by atoms with Crippen LogP contribution in [0.15, 0.2) is 60.0 Å². The van der Waals surface area contributed by atoms with Crippen LogP contribution in [0, 0.1) is 12.8 Å². The van der Waals surface area contributed by atoms with Crippen LogP contribution < -0.4 is 16.0 Å². The van der Waals surface area contributed by atoms with Gasteiger partial charge in [0.05, 0.1) is 11.7 Å². The second-order valence-electron chi connectivity index (χ2n) is 10.2. The minimum Gasteiger partial charge on any atom is -0.352 e. The van der Waals surface area contributed by atoms with Gasteiger partial charge in [-0.2, -0.15) is 0 Å². The summed E-state index contributed by atoms with van der Waals surface area (Å²) >= 11 is 1.46. The number of amides is 2. The molecule has 6 nitrogen and oxygen atoms in total. The largest absolute Gasteiger partial charge is 0.352 e. The van der Waals surface area contributed by atoms with Gasteiger partial charge in [0, 0.05) is 30.0 Å². The molecule has 2 heterocycles. The minimum absolute atomic E-state index is 0.0226. The molecular weight excluding hydrogens is 468 g/mol. The van der Waals surface area contributed by atoms with Gasteiger partial charge < -0.3 is 16.0 Å². The van der Waals surface area contributed by atoms with E-state index in [1.165, 1.54) is 22.5 Å². The fraction of sp³-hybridized carbons (Fsp3) is 0.414. The van der Waals surface area contributed by atoms with Gasteiger partial charge in [-0.05, 0) is 56.4 Å². The van der Waals surface area contributed by atoms with Crippen LogP contribution in [0.1, 0.15) is 55.6 Å². The first-order valence-electron chi connectivity index (χ1n) is 12.9. The molecule has 1 unspecified atom stereocenters. The number of rotatable bonds is 7. The molecule has 1 aliphatic heterocycles. The Balaban J connectivity index is 1.03. The smallest absolute Gasteiger partial charge is 0.237 e. The van der Waals surface area contributed by atoms with E-state index in [4.69, 9.17) is 0 Å². The molecule has 1 aliphatic carbocycles. The van der Waals surface area contributed by atoms with Crippen molar-refractivity contribution in [2.75, 3.05) is 11.9 Å². The zero-order valence-electron chi connectivity index (χ0n) is 20.7. The van der Waals surface area contributed by atoms with Crippen molar-refractivity contribution in [2.24, 2.45) is 5.92 Å². The van der Waals surface area contributed by atoms with E-state index in [1.807, 2.05) is 11.4 Å². The first-order valence-corrected chi connectivity index (χ1v) is 13.8. The van der Waals surface area contributed by atoms with Crippen LogP contribution in [0.4, 0.5) is 5.13 Å². The number of thiazole rings is 1. The zero-order chi connectivity index (χ0) is 24.9. The van der Waals surface area contributed by atoms with E-state index >= 15 is 0 Å². The average molecular weight is 503 g/mol. The summed E-state index contributed by atoms with van der Waals surface area (Å²) in [5.74, 6) is 0.876. The third-order valence-electron chi connectivity index (χ3n) is 7.48. The standard InChI is InChI=1S/C29H34N4O2S/c1-19-7-11-22(12-8-19)26-18-36-29(32-26)33-27(34)15-20-9-13-24(14-10-20)31-28(35)25-16-23(17-30-25)21-5-3-2-4-6-21/h2-8,11-12,18,20,23-25,30H,9-10,13-17H2,1H3,(H,31,35)(H,32,33,34)/t20-,23?,24+,25-/m0/s1. The van der Waals surface area contributed by atoms with Crippen molar-refractivity contribution < 1.29 is 9.59 Å². The molecule has 2 amide bonds. The highest BCUT2D eigenvalue weighted by molar-refractivity contribution is 7.14. The summed E-state index contributed by atoms with van der Waals surface area (Å²) in [6, 6.07) is 18.7. The molecule has 2 fully saturated rings. The number of anilines is 1. The fourth-order valence-corrected chi connectivity index (χ4v) is 6.08. The van der Waals surface area contributed by atoms with Gasteiger partial charge in [0.2, 0.25) is 11.8 Å². The molecular formula is C29H34N4O2S. The topological polar surface area (TPSA) is 83.1 Å². The Morgan fingerprint density at radius 1 is 1.03 bits per heavy atom. The molecule has 0 bridgehead atoms. The lowest BCUT2D eigenvalue weighted by Gasteiger charge is -2.29. The van der Waals surface area contributed by atoms with Gasteiger partial charge in [-0.15, -0.1) is 11.3 Å². The maximum atomic E-state index is 12.8. The lowest BCUT2D eigenvalue weighted by molar-refractivity contribution is -0.124. The van der Waals surface area contributed by atoms with Gasteiger partial charge >= 0.3 is 0 Å². The van der Waals surface area contributed by atoms with Crippen molar-refractivity contribution in [3.63, 3.8) is 0 Å². The summed E-state index contributed by atoms with van der Waals surface area (Å²) in [5.41, 5.74) is 4.45. The summed E-state index contributed by atoms with van der Waals surface area (Å²) < 4.78 is 0. The molecule has 188 valence electrons. The molecule has 2 aromatic carbocycles. The molecule has 7 heteroatoms. The van der Waals surface area contributed by atoms with E-state index in [9.17, 15) is 9.59 Å². The van der Waals surface area contributed by atoms with Crippen LogP contribution in [0.3, 0.4) is 0 Å². The monoisotopic (exact) mass is 502 g/mol. The maximum Gasteiger partial charge on any atom is 0.237 e. The normalized spacial score (nSPS) is 23.8. The number of nitrogens with zero attached hydrogens (tertiary/aromatic N) is 1. The van der Waals surface area contributed by atoms with Crippen molar-refractivity contribution in [1.29, 1.82) is 0 Å².